The standard InChI is InChI=1S/C16H17N3O2S2/c20-15-19(14-5-11(6-23-14)13-7-22-10-17-13)9-16(21-15)8-18-3-1-12(16)2-4-18/h5-7,10,12H,1-4,8-9H2/t16-/m1/s1. The van der Waals surface area contributed by atoms with Crippen molar-refractivity contribution < 1.29 is 9.53 Å². The van der Waals surface area contributed by atoms with Gasteiger partial charge >= 0.3 is 6.09 Å². The Morgan fingerprint density at radius 3 is 2.83 bits per heavy atom. The van der Waals surface area contributed by atoms with Crippen LogP contribution in [-0.4, -0.2) is 47.8 Å². The number of hydrogen-bond donors (Lipinski definition) is 0. The molecule has 4 fully saturated rings. The summed E-state index contributed by atoms with van der Waals surface area (Å²) in [4.78, 5) is 21.1. The van der Waals surface area contributed by atoms with E-state index in [0.717, 1.165) is 48.7 Å². The predicted molar refractivity (Wildman–Crippen MR) is 91.1 cm³/mol. The third kappa shape index (κ3) is 2.14. The van der Waals surface area contributed by atoms with Crippen molar-refractivity contribution in [3.05, 3.63) is 22.3 Å². The van der Waals surface area contributed by atoms with Crippen molar-refractivity contribution in [3.63, 3.8) is 0 Å². The van der Waals surface area contributed by atoms with Crippen LogP contribution in [-0.2, 0) is 4.74 Å². The summed E-state index contributed by atoms with van der Waals surface area (Å²) in [7, 11) is 0. The average molecular weight is 347 g/mol. The number of anilines is 1. The smallest absolute Gasteiger partial charge is 0.415 e. The third-order valence-corrected chi connectivity index (χ3v) is 6.88. The minimum absolute atomic E-state index is 0.189. The van der Waals surface area contributed by atoms with E-state index in [0.29, 0.717) is 12.5 Å². The average Bonchev–Trinajstić information content (AvgIpc) is 3.28. The van der Waals surface area contributed by atoms with Crippen LogP contribution in [0.2, 0.25) is 0 Å². The Balaban J connectivity index is 1.43. The molecule has 2 aromatic rings. The zero-order valence-electron chi connectivity index (χ0n) is 12.6. The molecule has 4 saturated heterocycles. The fourth-order valence-corrected chi connectivity index (χ4v) is 5.60. The zero-order chi connectivity index (χ0) is 15.4. The molecule has 4 aliphatic rings. The largest absolute Gasteiger partial charge is 0.439 e. The van der Waals surface area contributed by atoms with E-state index in [-0.39, 0.29) is 11.7 Å². The number of piperidine rings is 3. The second-order valence-electron chi connectivity index (χ2n) is 6.62. The number of carbonyl (C=O) groups excluding carboxylic acids is 1. The van der Waals surface area contributed by atoms with E-state index in [1.54, 1.807) is 22.7 Å². The molecule has 6 heterocycles. The summed E-state index contributed by atoms with van der Waals surface area (Å²) in [6.07, 6.45) is 2.11. The van der Waals surface area contributed by atoms with E-state index in [2.05, 4.69) is 21.3 Å². The van der Waals surface area contributed by atoms with Crippen molar-refractivity contribution in [2.45, 2.75) is 18.4 Å². The number of rotatable bonds is 2. The summed E-state index contributed by atoms with van der Waals surface area (Å²) in [5, 5.41) is 5.06. The molecule has 0 saturated carbocycles. The van der Waals surface area contributed by atoms with Gasteiger partial charge in [-0.1, -0.05) is 0 Å². The van der Waals surface area contributed by atoms with Crippen LogP contribution in [0.5, 0.6) is 0 Å². The van der Waals surface area contributed by atoms with E-state index in [1.807, 2.05) is 15.8 Å². The molecule has 1 amide bonds. The lowest BCUT2D eigenvalue weighted by Crippen LogP contribution is -2.61. The first-order chi connectivity index (χ1) is 11.2. The van der Waals surface area contributed by atoms with Crippen molar-refractivity contribution in [3.8, 4) is 11.3 Å². The Kier molecular flexibility index (Phi) is 3.05. The maximum atomic E-state index is 12.5. The number of hydrogen-bond acceptors (Lipinski definition) is 6. The van der Waals surface area contributed by atoms with Gasteiger partial charge in [-0.05, 0) is 32.0 Å². The van der Waals surface area contributed by atoms with Crippen LogP contribution >= 0.6 is 22.7 Å². The lowest BCUT2D eigenvalue weighted by atomic mass is 9.75. The first kappa shape index (κ1) is 13.9. The maximum Gasteiger partial charge on any atom is 0.415 e. The number of fused-ring (bicyclic) bond motifs is 2. The van der Waals surface area contributed by atoms with Crippen molar-refractivity contribution in [2.24, 2.45) is 5.92 Å². The Bertz CT molecular complexity index is 736. The van der Waals surface area contributed by atoms with Gasteiger partial charge in [0, 0.05) is 28.8 Å². The number of ether oxygens (including phenoxy) is 1. The number of carbonyl (C=O) groups is 1. The van der Waals surface area contributed by atoms with Gasteiger partial charge in [0.25, 0.3) is 0 Å². The van der Waals surface area contributed by atoms with E-state index in [1.165, 1.54) is 0 Å². The van der Waals surface area contributed by atoms with Crippen molar-refractivity contribution in [1.29, 1.82) is 0 Å². The van der Waals surface area contributed by atoms with Crippen molar-refractivity contribution >= 4 is 33.8 Å². The molecule has 0 N–H and O–H groups in total. The van der Waals surface area contributed by atoms with Gasteiger partial charge in [0.05, 0.1) is 17.7 Å². The third-order valence-electron chi connectivity index (χ3n) is 5.34. The molecule has 0 unspecified atom stereocenters. The summed E-state index contributed by atoms with van der Waals surface area (Å²) in [6, 6.07) is 2.06. The molecule has 1 spiro atoms. The minimum atomic E-state index is -0.293. The monoisotopic (exact) mass is 347 g/mol. The lowest BCUT2D eigenvalue weighted by molar-refractivity contribution is -0.0881. The second kappa shape index (κ2) is 5.03. The quantitative estimate of drug-likeness (QED) is 0.836. The highest BCUT2D eigenvalue weighted by atomic mass is 32.1. The Hall–Kier alpha value is -1.44. The summed E-state index contributed by atoms with van der Waals surface area (Å²) < 4.78 is 5.93. The fourth-order valence-electron chi connectivity index (χ4n) is 4.14. The van der Waals surface area contributed by atoms with Crippen LogP contribution in [0, 0.1) is 5.92 Å². The topological polar surface area (TPSA) is 45.7 Å². The highest BCUT2D eigenvalue weighted by molar-refractivity contribution is 7.14. The van der Waals surface area contributed by atoms with Crippen LogP contribution in [0.3, 0.4) is 0 Å². The van der Waals surface area contributed by atoms with Gasteiger partial charge in [0.2, 0.25) is 0 Å². The maximum absolute atomic E-state index is 12.5. The first-order valence-corrected chi connectivity index (χ1v) is 9.76. The number of thiophene rings is 1. The van der Waals surface area contributed by atoms with Gasteiger partial charge in [-0.25, -0.2) is 9.78 Å². The van der Waals surface area contributed by atoms with Crippen molar-refractivity contribution in [2.75, 3.05) is 31.1 Å². The molecule has 0 radical (unpaired) electrons. The molecule has 2 aromatic heterocycles. The fraction of sp³-hybridized carbons (Fsp3) is 0.500. The van der Waals surface area contributed by atoms with Gasteiger partial charge in [-0.2, -0.15) is 0 Å². The molecule has 0 aliphatic carbocycles. The highest BCUT2D eigenvalue weighted by Crippen LogP contribution is 2.44. The second-order valence-corrected chi connectivity index (χ2v) is 8.22. The molecule has 1 atom stereocenters. The summed E-state index contributed by atoms with van der Waals surface area (Å²) in [6.45, 7) is 3.88. The number of thiazole rings is 1. The normalized spacial score (nSPS) is 32.7. The zero-order valence-corrected chi connectivity index (χ0v) is 14.2. The molecule has 6 rings (SSSR count). The van der Waals surface area contributed by atoms with Crippen LogP contribution in [0.25, 0.3) is 11.3 Å². The highest BCUT2D eigenvalue weighted by Gasteiger charge is 2.55. The molecule has 2 bridgehead atoms. The van der Waals surface area contributed by atoms with Crippen LogP contribution < -0.4 is 4.90 Å². The number of nitrogens with zero attached hydrogens (tertiary/aromatic N) is 3. The van der Waals surface area contributed by atoms with Crippen LogP contribution in [0.15, 0.2) is 22.3 Å². The van der Waals surface area contributed by atoms with Gasteiger partial charge in [0.1, 0.15) is 10.6 Å². The number of aromatic nitrogens is 1. The van der Waals surface area contributed by atoms with Crippen LogP contribution in [0.4, 0.5) is 9.80 Å². The summed E-state index contributed by atoms with van der Waals surface area (Å²) in [5.74, 6) is 0.513. The summed E-state index contributed by atoms with van der Waals surface area (Å²) in [5.41, 5.74) is 3.59. The minimum Gasteiger partial charge on any atom is -0.439 e. The molecular weight excluding hydrogens is 330 g/mol. The summed E-state index contributed by atoms with van der Waals surface area (Å²) >= 11 is 3.18. The Morgan fingerprint density at radius 1 is 1.26 bits per heavy atom. The molecular formula is C16H17N3O2S2. The molecule has 23 heavy (non-hydrogen) atoms. The van der Waals surface area contributed by atoms with E-state index in [9.17, 15) is 4.79 Å². The van der Waals surface area contributed by atoms with Crippen molar-refractivity contribution in [1.82, 2.24) is 9.88 Å². The SMILES string of the molecule is O=C1O[C@]2(CN3CCC2CC3)CN1c1cc(-c2cscn2)cs1. The molecule has 120 valence electrons. The Morgan fingerprint density at radius 2 is 2.13 bits per heavy atom. The van der Waals surface area contributed by atoms with Gasteiger partial charge in [-0.3, -0.25) is 9.80 Å². The number of amides is 1. The van der Waals surface area contributed by atoms with E-state index < -0.39 is 0 Å². The molecule has 0 aromatic carbocycles. The van der Waals surface area contributed by atoms with E-state index in [4.69, 9.17) is 4.74 Å². The van der Waals surface area contributed by atoms with Gasteiger partial charge in [-0.15, -0.1) is 22.7 Å². The van der Waals surface area contributed by atoms with Crippen LogP contribution in [0.1, 0.15) is 12.8 Å². The Labute approximate surface area is 142 Å². The lowest BCUT2D eigenvalue weighted by Gasteiger charge is -2.49. The predicted octanol–water partition coefficient (Wildman–Crippen LogP) is 3.29. The van der Waals surface area contributed by atoms with Gasteiger partial charge < -0.3 is 4.74 Å². The van der Waals surface area contributed by atoms with Gasteiger partial charge in [0.15, 0.2) is 0 Å². The molecule has 7 heteroatoms. The first-order valence-electron chi connectivity index (χ1n) is 7.93. The molecule has 4 aliphatic heterocycles. The molecule has 5 nitrogen and oxygen atoms in total. The van der Waals surface area contributed by atoms with E-state index >= 15 is 0 Å².